The van der Waals surface area contributed by atoms with E-state index in [-0.39, 0.29) is 6.61 Å². The molecule has 1 unspecified atom stereocenters. The molecule has 0 saturated carbocycles. The Hall–Kier alpha value is -1.57. The van der Waals surface area contributed by atoms with Crippen molar-refractivity contribution in [2.45, 2.75) is 25.5 Å². The van der Waals surface area contributed by atoms with E-state index < -0.39 is 5.54 Å². The average Bonchev–Trinajstić information content (AvgIpc) is 2.30. The zero-order valence-corrected chi connectivity index (χ0v) is 9.31. The Morgan fingerprint density at radius 1 is 1.44 bits per heavy atom. The van der Waals surface area contributed by atoms with Crippen LogP contribution in [0.3, 0.4) is 0 Å². The van der Waals surface area contributed by atoms with Gasteiger partial charge >= 0.3 is 0 Å². The lowest BCUT2D eigenvalue weighted by molar-refractivity contribution is 0.279. The lowest BCUT2D eigenvalue weighted by Crippen LogP contribution is -2.35. The first-order valence-corrected chi connectivity index (χ1v) is 5.10. The Balaban J connectivity index is 2.41. The molecule has 1 rings (SSSR count). The van der Waals surface area contributed by atoms with Crippen LogP contribution in [0.25, 0.3) is 0 Å². The number of nitriles is 1. The highest BCUT2D eigenvalue weighted by Gasteiger charge is 2.16. The van der Waals surface area contributed by atoms with Crippen molar-refractivity contribution in [2.75, 3.05) is 6.61 Å². The SMILES string of the molecule is CC(N)(C#N)CCOc1ccc(CO)cc1. The van der Waals surface area contributed by atoms with Crippen LogP contribution in [0.1, 0.15) is 18.9 Å². The van der Waals surface area contributed by atoms with Crippen LogP contribution < -0.4 is 10.5 Å². The topological polar surface area (TPSA) is 79.3 Å². The van der Waals surface area contributed by atoms with Crippen LogP contribution in [-0.4, -0.2) is 17.3 Å². The molecule has 86 valence electrons. The van der Waals surface area contributed by atoms with Crippen molar-refractivity contribution < 1.29 is 9.84 Å². The number of nitrogens with two attached hydrogens (primary N) is 1. The lowest BCUT2D eigenvalue weighted by atomic mass is 10.0. The summed E-state index contributed by atoms with van der Waals surface area (Å²) in [6, 6.07) is 9.16. The largest absolute Gasteiger partial charge is 0.493 e. The second kappa shape index (κ2) is 5.50. The first-order valence-electron chi connectivity index (χ1n) is 5.10. The summed E-state index contributed by atoms with van der Waals surface area (Å²) in [4.78, 5) is 0. The second-order valence-electron chi connectivity index (χ2n) is 3.93. The summed E-state index contributed by atoms with van der Waals surface area (Å²) in [5.41, 5.74) is 5.65. The van der Waals surface area contributed by atoms with Crippen molar-refractivity contribution in [2.24, 2.45) is 5.73 Å². The van der Waals surface area contributed by atoms with E-state index in [2.05, 4.69) is 0 Å². The van der Waals surface area contributed by atoms with Crippen LogP contribution in [0, 0.1) is 11.3 Å². The molecular formula is C12H16N2O2. The molecule has 0 aliphatic carbocycles. The quantitative estimate of drug-likeness (QED) is 0.781. The maximum Gasteiger partial charge on any atom is 0.119 e. The summed E-state index contributed by atoms with van der Waals surface area (Å²) in [5, 5.41) is 17.6. The van der Waals surface area contributed by atoms with Crippen LogP contribution in [0.5, 0.6) is 5.75 Å². The fraction of sp³-hybridized carbons (Fsp3) is 0.417. The smallest absolute Gasteiger partial charge is 0.119 e. The van der Waals surface area contributed by atoms with Gasteiger partial charge in [0.05, 0.1) is 19.3 Å². The van der Waals surface area contributed by atoms with Crippen LogP contribution in [-0.2, 0) is 6.61 Å². The van der Waals surface area contributed by atoms with Crippen LogP contribution >= 0.6 is 0 Å². The number of hydrogen-bond donors (Lipinski definition) is 2. The number of nitrogens with zero attached hydrogens (tertiary/aromatic N) is 1. The molecule has 4 nitrogen and oxygen atoms in total. The van der Waals surface area contributed by atoms with E-state index in [1.807, 2.05) is 6.07 Å². The molecule has 0 bridgehead atoms. The zero-order chi connectivity index (χ0) is 12.0. The van der Waals surface area contributed by atoms with Gasteiger partial charge < -0.3 is 15.6 Å². The summed E-state index contributed by atoms with van der Waals surface area (Å²) < 4.78 is 5.43. The molecule has 0 saturated heterocycles. The maximum absolute atomic E-state index is 8.85. The Kier molecular flexibility index (Phi) is 4.29. The van der Waals surface area contributed by atoms with E-state index in [0.29, 0.717) is 18.8 Å². The molecule has 0 heterocycles. The second-order valence-corrected chi connectivity index (χ2v) is 3.93. The van der Waals surface area contributed by atoms with Gasteiger partial charge in [0.15, 0.2) is 0 Å². The summed E-state index contributed by atoms with van der Waals surface area (Å²) in [7, 11) is 0. The molecule has 1 aromatic rings. The van der Waals surface area contributed by atoms with Gasteiger partial charge in [-0.05, 0) is 24.6 Å². The summed E-state index contributed by atoms with van der Waals surface area (Å²) >= 11 is 0. The molecule has 0 amide bonds. The molecule has 4 heteroatoms. The average molecular weight is 220 g/mol. The molecule has 0 aliphatic rings. The highest BCUT2D eigenvalue weighted by atomic mass is 16.5. The third-order valence-corrected chi connectivity index (χ3v) is 2.25. The van der Waals surface area contributed by atoms with E-state index in [1.54, 1.807) is 31.2 Å². The minimum absolute atomic E-state index is 0.0234. The van der Waals surface area contributed by atoms with E-state index in [1.165, 1.54) is 0 Å². The predicted octanol–water partition coefficient (Wildman–Crippen LogP) is 1.19. The number of aliphatic hydroxyl groups is 1. The van der Waals surface area contributed by atoms with Crippen molar-refractivity contribution in [1.29, 1.82) is 5.26 Å². The Bertz CT molecular complexity index is 366. The Morgan fingerprint density at radius 2 is 2.06 bits per heavy atom. The van der Waals surface area contributed by atoms with E-state index in [9.17, 15) is 0 Å². The molecule has 1 aromatic carbocycles. The normalized spacial score (nSPS) is 13.9. The molecule has 0 aliphatic heterocycles. The first-order chi connectivity index (χ1) is 7.57. The highest BCUT2D eigenvalue weighted by Crippen LogP contribution is 2.13. The molecule has 0 aromatic heterocycles. The molecule has 1 atom stereocenters. The van der Waals surface area contributed by atoms with Crippen LogP contribution in [0.4, 0.5) is 0 Å². The van der Waals surface area contributed by atoms with E-state index in [4.69, 9.17) is 20.8 Å². The Labute approximate surface area is 95.3 Å². The third-order valence-electron chi connectivity index (χ3n) is 2.25. The number of aliphatic hydroxyl groups excluding tert-OH is 1. The van der Waals surface area contributed by atoms with Crippen molar-refractivity contribution in [1.82, 2.24) is 0 Å². The van der Waals surface area contributed by atoms with Gasteiger partial charge in [-0.25, -0.2) is 0 Å². The molecule has 0 fully saturated rings. The van der Waals surface area contributed by atoms with Crippen molar-refractivity contribution in [3.63, 3.8) is 0 Å². The van der Waals surface area contributed by atoms with Crippen molar-refractivity contribution in [3.8, 4) is 11.8 Å². The monoisotopic (exact) mass is 220 g/mol. The van der Waals surface area contributed by atoms with Gasteiger partial charge in [-0.3, -0.25) is 0 Å². The van der Waals surface area contributed by atoms with Gasteiger partial charge in [0.2, 0.25) is 0 Å². The molecule has 3 N–H and O–H groups in total. The van der Waals surface area contributed by atoms with E-state index >= 15 is 0 Å². The van der Waals surface area contributed by atoms with Crippen LogP contribution in [0.2, 0.25) is 0 Å². The van der Waals surface area contributed by atoms with Crippen molar-refractivity contribution >= 4 is 0 Å². The number of benzene rings is 1. The molecular weight excluding hydrogens is 204 g/mol. The molecule has 16 heavy (non-hydrogen) atoms. The standard InChI is InChI=1S/C12H16N2O2/c1-12(14,9-13)6-7-16-11-4-2-10(8-15)3-5-11/h2-5,15H,6-8,14H2,1H3. The number of ether oxygens (including phenoxy) is 1. The fourth-order valence-electron chi connectivity index (χ4n) is 1.13. The van der Waals surface area contributed by atoms with Crippen molar-refractivity contribution in [3.05, 3.63) is 29.8 Å². The highest BCUT2D eigenvalue weighted by molar-refractivity contribution is 5.26. The van der Waals surface area contributed by atoms with Gasteiger partial charge in [0, 0.05) is 6.42 Å². The van der Waals surface area contributed by atoms with Gasteiger partial charge in [-0.1, -0.05) is 12.1 Å². The number of rotatable bonds is 5. The van der Waals surface area contributed by atoms with Gasteiger partial charge in [-0.2, -0.15) is 5.26 Å². The lowest BCUT2D eigenvalue weighted by Gasteiger charge is -2.15. The number of hydrogen-bond acceptors (Lipinski definition) is 4. The van der Waals surface area contributed by atoms with Gasteiger partial charge in [0.25, 0.3) is 0 Å². The van der Waals surface area contributed by atoms with Crippen LogP contribution in [0.15, 0.2) is 24.3 Å². The van der Waals surface area contributed by atoms with E-state index in [0.717, 1.165) is 5.56 Å². The predicted molar refractivity (Wildman–Crippen MR) is 60.7 cm³/mol. The minimum atomic E-state index is -0.842. The van der Waals surface area contributed by atoms with Gasteiger partial charge in [-0.15, -0.1) is 0 Å². The first kappa shape index (κ1) is 12.5. The summed E-state index contributed by atoms with van der Waals surface area (Å²) in [6.45, 7) is 2.10. The fourth-order valence-corrected chi connectivity index (χ4v) is 1.13. The van der Waals surface area contributed by atoms with Gasteiger partial charge in [0.1, 0.15) is 11.3 Å². The summed E-state index contributed by atoms with van der Waals surface area (Å²) in [6.07, 6.45) is 0.477. The molecule has 0 radical (unpaired) electrons. The zero-order valence-electron chi connectivity index (χ0n) is 9.31. The Morgan fingerprint density at radius 3 is 2.56 bits per heavy atom. The third kappa shape index (κ3) is 3.89. The molecule has 0 spiro atoms. The minimum Gasteiger partial charge on any atom is -0.493 e. The summed E-state index contributed by atoms with van der Waals surface area (Å²) in [5.74, 6) is 0.714. The maximum atomic E-state index is 8.85.